The summed E-state index contributed by atoms with van der Waals surface area (Å²) in [4.78, 5) is 10.6. The molecule has 0 heterocycles. The van der Waals surface area contributed by atoms with Crippen LogP contribution in [0.5, 0.6) is 5.75 Å². The first-order chi connectivity index (χ1) is 7.30. The van der Waals surface area contributed by atoms with E-state index >= 15 is 0 Å². The third-order valence-electron chi connectivity index (χ3n) is 1.90. The normalized spacial score (nSPS) is 13.2. The van der Waals surface area contributed by atoms with E-state index in [1.165, 1.54) is 6.92 Å². The van der Waals surface area contributed by atoms with E-state index in [2.05, 4.69) is 0 Å². The summed E-state index contributed by atoms with van der Waals surface area (Å²) in [5.41, 5.74) is 4.17. The third-order valence-corrected chi connectivity index (χ3v) is 1.90. The van der Waals surface area contributed by atoms with Crippen LogP contribution in [0.4, 0.5) is 13.2 Å². The number of alkyl halides is 3. The van der Waals surface area contributed by atoms with Crippen LogP contribution in [0.2, 0.25) is 0 Å². The number of primary amides is 1. The first-order valence-corrected chi connectivity index (χ1v) is 4.44. The van der Waals surface area contributed by atoms with Crippen molar-refractivity contribution in [2.75, 3.05) is 0 Å². The average Bonchev–Trinajstić information content (AvgIpc) is 2.17. The third kappa shape index (κ3) is 3.15. The minimum Gasteiger partial charge on any atom is -0.481 e. The number of halogens is 3. The highest BCUT2D eigenvalue weighted by molar-refractivity contribution is 5.78. The van der Waals surface area contributed by atoms with Gasteiger partial charge in [0.1, 0.15) is 5.75 Å². The molecule has 0 aliphatic rings. The largest absolute Gasteiger partial charge is 0.481 e. The Morgan fingerprint density at radius 2 is 1.81 bits per heavy atom. The molecule has 6 heteroatoms. The molecular weight excluding hydrogens is 223 g/mol. The maximum atomic E-state index is 12.2. The molecule has 0 aliphatic heterocycles. The minimum atomic E-state index is -4.38. The molecule has 1 aromatic rings. The molecule has 0 aromatic heterocycles. The predicted octanol–water partition coefficient (Wildman–Crippen LogP) is 1.96. The lowest BCUT2D eigenvalue weighted by molar-refractivity contribution is -0.137. The van der Waals surface area contributed by atoms with E-state index in [1.54, 1.807) is 0 Å². The summed E-state index contributed by atoms with van der Waals surface area (Å²) in [7, 11) is 0. The first kappa shape index (κ1) is 12.4. The van der Waals surface area contributed by atoms with E-state index in [0.29, 0.717) is 0 Å². The Labute approximate surface area is 90.0 Å². The standard InChI is InChI=1S/C10H10F3NO2/c1-6(9(14)15)16-8-4-2-7(3-5-8)10(11,12)13/h2-6H,1H3,(H2,14,15)/t6-/m0/s1. The second-order valence-corrected chi connectivity index (χ2v) is 3.18. The average molecular weight is 233 g/mol. The fourth-order valence-corrected chi connectivity index (χ4v) is 0.985. The summed E-state index contributed by atoms with van der Waals surface area (Å²) < 4.78 is 41.6. The fourth-order valence-electron chi connectivity index (χ4n) is 0.985. The maximum Gasteiger partial charge on any atom is 0.416 e. The molecule has 0 saturated heterocycles. The van der Waals surface area contributed by atoms with Gasteiger partial charge in [-0.3, -0.25) is 4.79 Å². The van der Waals surface area contributed by atoms with Crippen molar-refractivity contribution < 1.29 is 22.7 Å². The molecule has 1 rings (SSSR count). The number of amides is 1. The SMILES string of the molecule is C[C@H](Oc1ccc(C(F)(F)F)cc1)C(N)=O. The Hall–Kier alpha value is -1.72. The van der Waals surface area contributed by atoms with Gasteiger partial charge in [0, 0.05) is 0 Å². The van der Waals surface area contributed by atoms with Gasteiger partial charge in [0.05, 0.1) is 5.56 Å². The van der Waals surface area contributed by atoms with Crippen LogP contribution in [-0.2, 0) is 11.0 Å². The van der Waals surface area contributed by atoms with Crippen LogP contribution >= 0.6 is 0 Å². The monoisotopic (exact) mass is 233 g/mol. The van der Waals surface area contributed by atoms with Crippen LogP contribution in [0.3, 0.4) is 0 Å². The molecule has 16 heavy (non-hydrogen) atoms. The smallest absolute Gasteiger partial charge is 0.416 e. The van der Waals surface area contributed by atoms with Gasteiger partial charge in [-0.05, 0) is 31.2 Å². The zero-order valence-corrected chi connectivity index (χ0v) is 8.41. The van der Waals surface area contributed by atoms with Crippen LogP contribution in [0, 0.1) is 0 Å². The van der Waals surface area contributed by atoms with Crippen LogP contribution in [-0.4, -0.2) is 12.0 Å². The van der Waals surface area contributed by atoms with Gasteiger partial charge in [0.2, 0.25) is 0 Å². The van der Waals surface area contributed by atoms with Gasteiger partial charge in [-0.2, -0.15) is 13.2 Å². The van der Waals surface area contributed by atoms with E-state index in [-0.39, 0.29) is 5.75 Å². The van der Waals surface area contributed by atoms with Gasteiger partial charge in [-0.1, -0.05) is 0 Å². The molecule has 2 N–H and O–H groups in total. The molecule has 0 bridgehead atoms. The topological polar surface area (TPSA) is 52.3 Å². The molecule has 0 aliphatic carbocycles. The predicted molar refractivity (Wildman–Crippen MR) is 50.7 cm³/mol. The highest BCUT2D eigenvalue weighted by Crippen LogP contribution is 2.30. The summed E-state index contributed by atoms with van der Waals surface area (Å²) in [6, 6.07) is 4.04. The number of carbonyl (C=O) groups excluding carboxylic acids is 1. The van der Waals surface area contributed by atoms with Crippen molar-refractivity contribution in [1.82, 2.24) is 0 Å². The second-order valence-electron chi connectivity index (χ2n) is 3.18. The number of rotatable bonds is 3. The number of ether oxygens (including phenoxy) is 1. The lowest BCUT2D eigenvalue weighted by Crippen LogP contribution is -2.30. The molecule has 0 spiro atoms. The number of carbonyl (C=O) groups is 1. The van der Waals surface area contributed by atoms with E-state index in [9.17, 15) is 18.0 Å². The number of hydrogen-bond acceptors (Lipinski definition) is 2. The molecule has 1 amide bonds. The molecule has 0 radical (unpaired) electrons. The van der Waals surface area contributed by atoms with Crippen molar-refractivity contribution in [2.24, 2.45) is 5.73 Å². The maximum absolute atomic E-state index is 12.2. The Balaban J connectivity index is 2.76. The van der Waals surface area contributed by atoms with Crippen molar-refractivity contribution in [3.63, 3.8) is 0 Å². The minimum absolute atomic E-state index is 0.166. The van der Waals surface area contributed by atoms with Crippen LogP contribution in [0.15, 0.2) is 24.3 Å². The zero-order chi connectivity index (χ0) is 12.3. The van der Waals surface area contributed by atoms with Crippen LogP contribution < -0.4 is 10.5 Å². The summed E-state index contributed by atoms with van der Waals surface area (Å²) >= 11 is 0. The molecule has 3 nitrogen and oxygen atoms in total. The van der Waals surface area contributed by atoms with Crippen molar-refractivity contribution in [1.29, 1.82) is 0 Å². The molecular formula is C10H10F3NO2. The summed E-state index contributed by atoms with van der Waals surface area (Å²) in [6.07, 6.45) is -5.26. The van der Waals surface area contributed by atoms with Crippen molar-refractivity contribution in [3.05, 3.63) is 29.8 Å². The van der Waals surface area contributed by atoms with Gasteiger partial charge < -0.3 is 10.5 Å². The zero-order valence-electron chi connectivity index (χ0n) is 8.41. The highest BCUT2D eigenvalue weighted by Gasteiger charge is 2.30. The van der Waals surface area contributed by atoms with Gasteiger partial charge in [0.15, 0.2) is 6.10 Å². The number of hydrogen-bond donors (Lipinski definition) is 1. The van der Waals surface area contributed by atoms with Gasteiger partial charge in [-0.15, -0.1) is 0 Å². The number of benzene rings is 1. The lowest BCUT2D eigenvalue weighted by Gasteiger charge is -2.12. The Morgan fingerprint density at radius 3 is 2.19 bits per heavy atom. The Morgan fingerprint density at radius 1 is 1.31 bits per heavy atom. The van der Waals surface area contributed by atoms with Gasteiger partial charge in [0.25, 0.3) is 5.91 Å². The van der Waals surface area contributed by atoms with Crippen LogP contribution in [0.25, 0.3) is 0 Å². The van der Waals surface area contributed by atoms with Gasteiger partial charge in [-0.25, -0.2) is 0 Å². The lowest BCUT2D eigenvalue weighted by atomic mass is 10.2. The fraction of sp³-hybridized carbons (Fsp3) is 0.300. The molecule has 88 valence electrons. The molecule has 0 fully saturated rings. The molecule has 1 atom stereocenters. The molecule has 0 unspecified atom stereocenters. The van der Waals surface area contributed by atoms with Gasteiger partial charge >= 0.3 is 6.18 Å². The second kappa shape index (κ2) is 4.42. The van der Waals surface area contributed by atoms with Crippen molar-refractivity contribution >= 4 is 5.91 Å². The first-order valence-electron chi connectivity index (χ1n) is 4.44. The summed E-state index contributed by atoms with van der Waals surface area (Å²) in [6.45, 7) is 1.42. The molecule has 1 aromatic carbocycles. The Bertz CT molecular complexity index is 373. The highest BCUT2D eigenvalue weighted by atomic mass is 19.4. The van der Waals surface area contributed by atoms with Crippen molar-refractivity contribution in [3.8, 4) is 5.75 Å². The Kier molecular flexibility index (Phi) is 3.41. The van der Waals surface area contributed by atoms with Crippen molar-refractivity contribution in [2.45, 2.75) is 19.2 Å². The number of nitrogens with two attached hydrogens (primary N) is 1. The van der Waals surface area contributed by atoms with E-state index < -0.39 is 23.8 Å². The van der Waals surface area contributed by atoms with Crippen LogP contribution in [0.1, 0.15) is 12.5 Å². The van der Waals surface area contributed by atoms with E-state index in [4.69, 9.17) is 10.5 Å². The summed E-state index contributed by atoms with van der Waals surface area (Å²) in [5, 5.41) is 0. The quantitative estimate of drug-likeness (QED) is 0.867. The molecule has 0 saturated carbocycles. The summed E-state index contributed by atoms with van der Waals surface area (Å²) in [5.74, 6) is -0.515. The van der Waals surface area contributed by atoms with E-state index in [0.717, 1.165) is 24.3 Å². The van der Waals surface area contributed by atoms with E-state index in [1.807, 2.05) is 0 Å².